The van der Waals surface area contributed by atoms with E-state index in [-0.39, 0.29) is 17.5 Å². The fourth-order valence-corrected chi connectivity index (χ4v) is 4.06. The number of carbonyl (C=O) groups excluding carboxylic acids is 2. The summed E-state index contributed by atoms with van der Waals surface area (Å²) in [7, 11) is 0. The molecule has 0 bridgehead atoms. The molecule has 42 heavy (non-hydrogen) atoms. The molecule has 1 unspecified atom stereocenters. The van der Waals surface area contributed by atoms with Crippen molar-refractivity contribution in [2.75, 3.05) is 0 Å². The first-order chi connectivity index (χ1) is 20.0. The number of nitrogens with one attached hydrogen (secondary N) is 2. The Hall–Kier alpha value is -5.25. The van der Waals surface area contributed by atoms with Crippen LogP contribution in [0.2, 0.25) is 0 Å². The second-order valence-electron chi connectivity index (χ2n) is 9.27. The topological polar surface area (TPSA) is 95.5 Å². The van der Waals surface area contributed by atoms with E-state index >= 15 is 0 Å². The van der Waals surface area contributed by atoms with Gasteiger partial charge in [0.05, 0.1) is 5.56 Å². The van der Waals surface area contributed by atoms with Gasteiger partial charge in [-0.25, -0.2) is 9.18 Å². The van der Waals surface area contributed by atoms with Gasteiger partial charge in [0.2, 0.25) is 0 Å². The lowest BCUT2D eigenvalue weighted by Gasteiger charge is -2.17. The van der Waals surface area contributed by atoms with Crippen molar-refractivity contribution >= 4 is 23.9 Å². The Labute approximate surface area is 238 Å². The van der Waals surface area contributed by atoms with Crippen LogP contribution >= 0.6 is 0 Å². The zero-order chi connectivity index (χ0) is 30.3. The third-order valence-electron chi connectivity index (χ3n) is 6.23. The molecule has 1 atom stereocenters. The number of amides is 2. The Balaban J connectivity index is 1.62. The van der Waals surface area contributed by atoms with E-state index in [0.717, 1.165) is 47.5 Å². The van der Waals surface area contributed by atoms with Crippen LogP contribution in [0.25, 0.3) is 17.2 Å². The van der Waals surface area contributed by atoms with Crippen molar-refractivity contribution in [1.29, 1.82) is 0 Å². The second kappa shape index (κ2) is 12.9. The minimum atomic E-state index is -4.65. The van der Waals surface area contributed by atoms with Crippen molar-refractivity contribution in [2.24, 2.45) is 0 Å². The van der Waals surface area contributed by atoms with Crippen LogP contribution in [0.4, 0.5) is 17.6 Å². The highest BCUT2D eigenvalue weighted by atomic mass is 19.4. The van der Waals surface area contributed by atoms with Crippen LogP contribution < -0.4 is 10.6 Å². The lowest BCUT2D eigenvalue weighted by Crippen LogP contribution is -2.45. The Bertz CT molecular complexity index is 1600. The van der Waals surface area contributed by atoms with E-state index in [1.807, 2.05) is 30.3 Å². The Morgan fingerprint density at radius 3 is 2.07 bits per heavy atom. The summed E-state index contributed by atoms with van der Waals surface area (Å²) in [5.41, 5.74) is 0.800. The molecule has 0 fully saturated rings. The van der Waals surface area contributed by atoms with E-state index in [2.05, 4.69) is 10.6 Å². The molecular weight excluding hydrogens is 552 g/mol. The van der Waals surface area contributed by atoms with Gasteiger partial charge in [-0.2, -0.15) is 13.2 Å². The first-order valence-corrected chi connectivity index (χ1v) is 12.6. The predicted octanol–water partition coefficient (Wildman–Crippen LogP) is 6.09. The third-order valence-corrected chi connectivity index (χ3v) is 6.23. The highest BCUT2D eigenvalue weighted by molar-refractivity contribution is 6.06. The number of hydrogen-bond donors (Lipinski definition) is 3. The van der Waals surface area contributed by atoms with Gasteiger partial charge in [0.15, 0.2) is 0 Å². The third kappa shape index (κ3) is 7.91. The maximum atomic E-state index is 13.3. The average Bonchev–Trinajstić information content (AvgIpc) is 2.97. The second-order valence-corrected chi connectivity index (χ2v) is 9.27. The van der Waals surface area contributed by atoms with Crippen molar-refractivity contribution in [1.82, 2.24) is 10.6 Å². The van der Waals surface area contributed by atoms with Gasteiger partial charge < -0.3 is 15.7 Å². The van der Waals surface area contributed by atoms with Gasteiger partial charge in [0.1, 0.15) is 17.6 Å². The van der Waals surface area contributed by atoms with Gasteiger partial charge in [-0.3, -0.25) is 9.59 Å². The van der Waals surface area contributed by atoms with E-state index < -0.39 is 47.1 Å². The monoisotopic (exact) mass is 576 g/mol. The van der Waals surface area contributed by atoms with E-state index in [1.165, 1.54) is 30.3 Å². The van der Waals surface area contributed by atoms with E-state index in [4.69, 9.17) is 0 Å². The fraction of sp³-hybridized carbons (Fsp3) is 0.0938. The predicted molar refractivity (Wildman–Crippen MR) is 148 cm³/mol. The number of carboxylic acid groups (broad SMARTS) is 1. The van der Waals surface area contributed by atoms with Crippen molar-refractivity contribution in [3.05, 3.63) is 137 Å². The highest BCUT2D eigenvalue weighted by Crippen LogP contribution is 2.30. The SMILES string of the molecule is O=C(NC(Cc1ccc(F)cc1)C(=O)O)C(=Cc1cccc(C(F)(F)F)c1)NC(=O)c1ccc(-c2ccccc2)cc1. The van der Waals surface area contributed by atoms with Gasteiger partial charge in [0, 0.05) is 12.0 Å². The molecule has 4 rings (SSSR count). The van der Waals surface area contributed by atoms with Crippen molar-refractivity contribution in [3.63, 3.8) is 0 Å². The number of rotatable bonds is 9. The molecule has 0 saturated carbocycles. The standard InChI is InChI=1S/C32H24F4N2O4/c33-26-15-9-20(10-16-26)18-28(31(41)42)38-30(40)27(19-21-5-4-8-25(17-21)32(34,35)36)37-29(39)24-13-11-23(12-14-24)22-6-2-1-3-7-22/h1-17,19,28H,18H2,(H,37,39)(H,38,40)(H,41,42). The quantitative estimate of drug-likeness (QED) is 0.166. The molecule has 214 valence electrons. The number of carbonyl (C=O) groups is 3. The number of alkyl halides is 3. The number of benzene rings is 4. The summed E-state index contributed by atoms with van der Waals surface area (Å²) < 4.78 is 53.1. The zero-order valence-electron chi connectivity index (χ0n) is 21.9. The van der Waals surface area contributed by atoms with E-state index in [0.29, 0.717) is 5.56 Å². The van der Waals surface area contributed by atoms with Crippen LogP contribution in [0.1, 0.15) is 27.0 Å². The molecule has 10 heteroatoms. The van der Waals surface area contributed by atoms with Crippen LogP contribution in [0, 0.1) is 5.82 Å². The summed E-state index contributed by atoms with van der Waals surface area (Å²) in [4.78, 5) is 38.3. The van der Waals surface area contributed by atoms with Crippen LogP contribution in [-0.2, 0) is 22.2 Å². The van der Waals surface area contributed by atoms with Gasteiger partial charge >= 0.3 is 12.1 Å². The molecule has 3 N–H and O–H groups in total. The molecule has 0 aliphatic rings. The van der Waals surface area contributed by atoms with E-state index in [1.54, 1.807) is 12.1 Å². The number of aliphatic carboxylic acids is 1. The van der Waals surface area contributed by atoms with Crippen LogP contribution in [-0.4, -0.2) is 28.9 Å². The van der Waals surface area contributed by atoms with Crippen LogP contribution in [0.15, 0.2) is 109 Å². The number of carboxylic acids is 1. The molecule has 0 aliphatic heterocycles. The largest absolute Gasteiger partial charge is 0.480 e. The summed E-state index contributed by atoms with van der Waals surface area (Å²) in [5, 5.41) is 14.4. The zero-order valence-corrected chi connectivity index (χ0v) is 21.9. The number of halogens is 4. The first kappa shape index (κ1) is 29.7. The highest BCUT2D eigenvalue weighted by Gasteiger charge is 2.30. The fourth-order valence-electron chi connectivity index (χ4n) is 4.06. The summed E-state index contributed by atoms with van der Waals surface area (Å²) in [5.74, 6) is -3.72. The number of hydrogen-bond acceptors (Lipinski definition) is 3. The maximum Gasteiger partial charge on any atom is 0.416 e. The molecule has 0 saturated heterocycles. The Kier molecular flexibility index (Phi) is 9.16. The Morgan fingerprint density at radius 1 is 0.810 bits per heavy atom. The van der Waals surface area contributed by atoms with Crippen LogP contribution in [0.5, 0.6) is 0 Å². The first-order valence-electron chi connectivity index (χ1n) is 12.6. The molecule has 0 spiro atoms. The van der Waals surface area contributed by atoms with Gasteiger partial charge in [-0.05, 0) is 64.7 Å². The summed E-state index contributed by atoms with van der Waals surface area (Å²) in [6, 6.07) is 23.4. The smallest absolute Gasteiger partial charge is 0.416 e. The summed E-state index contributed by atoms with van der Waals surface area (Å²) in [6.07, 6.45) is -3.84. The minimum absolute atomic E-state index is 0.0555. The van der Waals surface area contributed by atoms with Crippen LogP contribution in [0.3, 0.4) is 0 Å². The van der Waals surface area contributed by atoms with Gasteiger partial charge in [0.25, 0.3) is 11.8 Å². The molecule has 6 nitrogen and oxygen atoms in total. The molecule has 2 amide bonds. The lowest BCUT2D eigenvalue weighted by molar-refractivity contribution is -0.141. The lowest BCUT2D eigenvalue weighted by atomic mass is 10.0. The maximum absolute atomic E-state index is 13.3. The molecular formula is C32H24F4N2O4. The van der Waals surface area contributed by atoms with Gasteiger partial charge in [-0.1, -0.05) is 66.7 Å². The normalized spacial score (nSPS) is 12.3. The summed E-state index contributed by atoms with van der Waals surface area (Å²) in [6.45, 7) is 0. The van der Waals surface area contributed by atoms with Crippen molar-refractivity contribution in [2.45, 2.75) is 18.6 Å². The van der Waals surface area contributed by atoms with E-state index in [9.17, 15) is 37.1 Å². The molecule has 4 aromatic carbocycles. The Morgan fingerprint density at radius 2 is 1.45 bits per heavy atom. The van der Waals surface area contributed by atoms with Gasteiger partial charge in [-0.15, -0.1) is 0 Å². The molecule has 0 aromatic heterocycles. The minimum Gasteiger partial charge on any atom is -0.480 e. The molecule has 4 aromatic rings. The summed E-state index contributed by atoms with van der Waals surface area (Å²) >= 11 is 0. The average molecular weight is 577 g/mol. The van der Waals surface area contributed by atoms with Crippen molar-refractivity contribution < 1.29 is 37.1 Å². The van der Waals surface area contributed by atoms with Crippen molar-refractivity contribution in [3.8, 4) is 11.1 Å². The molecule has 0 heterocycles. The molecule has 0 radical (unpaired) electrons. The molecule has 0 aliphatic carbocycles.